The lowest BCUT2D eigenvalue weighted by molar-refractivity contribution is -0.121. The molecule has 1 atom stereocenters. The first-order valence-corrected chi connectivity index (χ1v) is 5.96. The number of hydrogen-bond acceptors (Lipinski definition) is 3. The third-order valence-corrected chi connectivity index (χ3v) is 2.91. The molecule has 1 aromatic carbocycles. The van der Waals surface area contributed by atoms with Gasteiger partial charge < -0.3 is 10.5 Å². The molecule has 102 valence electrons. The molecule has 0 aromatic heterocycles. The van der Waals surface area contributed by atoms with Crippen LogP contribution in [0.5, 0.6) is 5.75 Å². The zero-order valence-corrected chi connectivity index (χ0v) is 12.0. The van der Waals surface area contributed by atoms with Gasteiger partial charge in [-0.2, -0.15) is 0 Å². The van der Waals surface area contributed by atoms with Gasteiger partial charge in [0, 0.05) is 6.42 Å². The van der Waals surface area contributed by atoms with Crippen molar-refractivity contribution in [2.75, 3.05) is 7.11 Å². The van der Waals surface area contributed by atoms with E-state index in [-0.39, 0.29) is 30.2 Å². The first kappa shape index (κ1) is 16.9. The number of benzene rings is 1. The molecule has 0 amide bonds. The van der Waals surface area contributed by atoms with E-state index in [9.17, 15) is 4.79 Å². The van der Waals surface area contributed by atoms with E-state index in [4.69, 9.17) is 10.5 Å². The molecule has 0 radical (unpaired) electrons. The Bertz CT molecular complexity index is 363. The minimum atomic E-state index is -0.340. The smallest absolute Gasteiger partial charge is 0.150 e. The van der Waals surface area contributed by atoms with Crippen molar-refractivity contribution in [2.45, 2.75) is 32.7 Å². The van der Waals surface area contributed by atoms with Gasteiger partial charge in [-0.15, -0.1) is 12.4 Å². The Morgan fingerprint density at radius 2 is 1.83 bits per heavy atom. The number of methoxy groups -OCH3 is 1. The highest BCUT2D eigenvalue weighted by atomic mass is 35.5. The van der Waals surface area contributed by atoms with Crippen LogP contribution in [0, 0.1) is 5.92 Å². The molecule has 2 N–H and O–H groups in total. The van der Waals surface area contributed by atoms with Gasteiger partial charge in [0.2, 0.25) is 0 Å². The average molecular weight is 272 g/mol. The number of carbonyl (C=O) groups excluding carboxylic acids is 1. The molecule has 0 aliphatic heterocycles. The van der Waals surface area contributed by atoms with E-state index in [2.05, 4.69) is 0 Å². The SMILES string of the molecule is COc1ccc(CCC(=O)[C@H](N)C(C)C)cc1.Cl. The molecule has 0 aliphatic rings. The second kappa shape index (κ2) is 8.11. The number of halogens is 1. The van der Waals surface area contributed by atoms with Gasteiger partial charge in [0.1, 0.15) is 11.5 Å². The quantitative estimate of drug-likeness (QED) is 0.865. The first-order chi connectivity index (χ1) is 8.04. The van der Waals surface area contributed by atoms with Crippen LogP contribution in [-0.2, 0) is 11.2 Å². The molecule has 0 aliphatic carbocycles. The third-order valence-electron chi connectivity index (χ3n) is 2.91. The van der Waals surface area contributed by atoms with Crippen LogP contribution in [0.4, 0.5) is 0 Å². The van der Waals surface area contributed by atoms with Crippen molar-refractivity contribution < 1.29 is 9.53 Å². The molecule has 0 bridgehead atoms. The van der Waals surface area contributed by atoms with Crippen LogP contribution < -0.4 is 10.5 Å². The molecule has 18 heavy (non-hydrogen) atoms. The van der Waals surface area contributed by atoms with Crippen molar-refractivity contribution in [2.24, 2.45) is 11.7 Å². The fraction of sp³-hybridized carbons (Fsp3) is 0.500. The molecule has 1 rings (SSSR count). The highest BCUT2D eigenvalue weighted by molar-refractivity contribution is 5.85. The molecule has 0 unspecified atom stereocenters. The Morgan fingerprint density at radius 1 is 1.28 bits per heavy atom. The number of rotatable bonds is 6. The van der Waals surface area contributed by atoms with Crippen molar-refractivity contribution in [1.29, 1.82) is 0 Å². The average Bonchev–Trinajstić information content (AvgIpc) is 2.35. The number of nitrogens with two attached hydrogens (primary N) is 1. The summed E-state index contributed by atoms with van der Waals surface area (Å²) in [4.78, 5) is 11.7. The Labute approximate surface area is 115 Å². The Kier molecular flexibility index (Phi) is 7.64. The van der Waals surface area contributed by atoms with E-state index in [1.165, 1.54) is 0 Å². The largest absolute Gasteiger partial charge is 0.497 e. The zero-order valence-electron chi connectivity index (χ0n) is 11.2. The number of hydrogen-bond donors (Lipinski definition) is 1. The van der Waals surface area contributed by atoms with E-state index in [0.29, 0.717) is 6.42 Å². The molecular formula is C14H22ClNO2. The summed E-state index contributed by atoms with van der Waals surface area (Å²) in [5.74, 6) is 1.17. The summed E-state index contributed by atoms with van der Waals surface area (Å²) in [7, 11) is 1.64. The summed E-state index contributed by atoms with van der Waals surface area (Å²) in [5, 5.41) is 0. The van der Waals surface area contributed by atoms with E-state index >= 15 is 0 Å². The molecule has 0 spiro atoms. The van der Waals surface area contributed by atoms with Gasteiger partial charge in [0.15, 0.2) is 0 Å². The molecule has 0 saturated heterocycles. The fourth-order valence-corrected chi connectivity index (χ4v) is 1.60. The summed E-state index contributed by atoms with van der Waals surface area (Å²) in [6.45, 7) is 3.94. The zero-order chi connectivity index (χ0) is 12.8. The third kappa shape index (κ3) is 5.07. The molecule has 0 heterocycles. The monoisotopic (exact) mass is 271 g/mol. The minimum Gasteiger partial charge on any atom is -0.497 e. The topological polar surface area (TPSA) is 52.3 Å². The number of ketones is 1. The minimum absolute atomic E-state index is 0. The standard InChI is InChI=1S/C14H21NO2.ClH/c1-10(2)14(15)13(16)9-6-11-4-7-12(17-3)8-5-11;/h4-5,7-8,10,14H,6,9,15H2,1-3H3;1H/t14-;/m1./s1. The Hall–Kier alpha value is -1.06. The highest BCUT2D eigenvalue weighted by Gasteiger charge is 2.16. The van der Waals surface area contributed by atoms with E-state index in [1.54, 1.807) is 7.11 Å². The lowest BCUT2D eigenvalue weighted by Crippen LogP contribution is -2.35. The van der Waals surface area contributed by atoms with E-state index in [0.717, 1.165) is 17.7 Å². The summed E-state index contributed by atoms with van der Waals surface area (Å²) in [5.41, 5.74) is 6.93. The van der Waals surface area contributed by atoms with Crippen molar-refractivity contribution in [3.8, 4) is 5.75 Å². The first-order valence-electron chi connectivity index (χ1n) is 5.96. The van der Waals surface area contributed by atoms with Gasteiger partial charge in [-0.1, -0.05) is 26.0 Å². The summed E-state index contributed by atoms with van der Waals surface area (Å²) in [6.07, 6.45) is 1.24. The van der Waals surface area contributed by atoms with Crippen LogP contribution in [0.25, 0.3) is 0 Å². The predicted octanol–water partition coefficient (Wildman–Crippen LogP) is 2.60. The van der Waals surface area contributed by atoms with Gasteiger partial charge >= 0.3 is 0 Å². The Balaban J connectivity index is 0.00000289. The molecule has 0 saturated carbocycles. The maximum atomic E-state index is 11.7. The van der Waals surface area contributed by atoms with Crippen LogP contribution >= 0.6 is 12.4 Å². The molecule has 4 heteroatoms. The Morgan fingerprint density at radius 3 is 2.28 bits per heavy atom. The fourth-order valence-electron chi connectivity index (χ4n) is 1.60. The molecule has 3 nitrogen and oxygen atoms in total. The van der Waals surface area contributed by atoms with Gasteiger partial charge in [-0.25, -0.2) is 0 Å². The van der Waals surface area contributed by atoms with E-state index < -0.39 is 0 Å². The highest BCUT2D eigenvalue weighted by Crippen LogP contribution is 2.13. The second-order valence-electron chi connectivity index (χ2n) is 4.58. The number of carbonyl (C=O) groups is 1. The summed E-state index contributed by atoms with van der Waals surface area (Å²) in [6, 6.07) is 7.43. The maximum absolute atomic E-state index is 11.7. The van der Waals surface area contributed by atoms with Gasteiger partial charge in [0.25, 0.3) is 0 Å². The lowest BCUT2D eigenvalue weighted by atomic mass is 9.96. The second-order valence-corrected chi connectivity index (χ2v) is 4.58. The van der Waals surface area contributed by atoms with Crippen molar-refractivity contribution in [1.82, 2.24) is 0 Å². The summed E-state index contributed by atoms with van der Waals surface area (Å²) < 4.78 is 5.08. The predicted molar refractivity (Wildman–Crippen MR) is 76.4 cm³/mol. The number of Topliss-reactive ketones (excluding diaryl/α,β-unsaturated/α-hetero) is 1. The molecule has 0 fully saturated rings. The molecule has 1 aromatic rings. The van der Waals surface area contributed by atoms with Gasteiger partial charge in [0.05, 0.1) is 13.2 Å². The maximum Gasteiger partial charge on any atom is 0.150 e. The van der Waals surface area contributed by atoms with Crippen molar-refractivity contribution in [3.63, 3.8) is 0 Å². The van der Waals surface area contributed by atoms with Crippen LogP contribution in [0.1, 0.15) is 25.8 Å². The van der Waals surface area contributed by atoms with Crippen LogP contribution in [-0.4, -0.2) is 18.9 Å². The van der Waals surface area contributed by atoms with Crippen molar-refractivity contribution >= 4 is 18.2 Å². The molecular weight excluding hydrogens is 250 g/mol. The summed E-state index contributed by atoms with van der Waals surface area (Å²) >= 11 is 0. The lowest BCUT2D eigenvalue weighted by Gasteiger charge is -2.13. The van der Waals surface area contributed by atoms with E-state index in [1.807, 2.05) is 38.1 Å². The number of ether oxygens (including phenoxy) is 1. The van der Waals surface area contributed by atoms with Gasteiger partial charge in [-0.05, 0) is 30.0 Å². The van der Waals surface area contributed by atoms with Crippen LogP contribution in [0.15, 0.2) is 24.3 Å². The van der Waals surface area contributed by atoms with Gasteiger partial charge in [-0.3, -0.25) is 4.79 Å². The number of aryl methyl sites for hydroxylation is 1. The van der Waals surface area contributed by atoms with Crippen LogP contribution in [0.3, 0.4) is 0 Å². The van der Waals surface area contributed by atoms with Crippen LogP contribution in [0.2, 0.25) is 0 Å². The normalized spacial score (nSPS) is 11.8. The van der Waals surface area contributed by atoms with Crippen molar-refractivity contribution in [3.05, 3.63) is 29.8 Å².